The predicted molar refractivity (Wildman–Crippen MR) is 107 cm³/mol. The summed E-state index contributed by atoms with van der Waals surface area (Å²) < 4.78 is 5.54. The molecule has 2 N–H and O–H groups in total. The van der Waals surface area contributed by atoms with Crippen molar-refractivity contribution in [1.82, 2.24) is 5.32 Å². The van der Waals surface area contributed by atoms with E-state index in [1.807, 2.05) is 19.1 Å². The smallest absolute Gasteiger partial charge is 0.226 e. The van der Waals surface area contributed by atoms with E-state index in [1.165, 1.54) is 0 Å². The second-order valence-corrected chi connectivity index (χ2v) is 6.57. The molecule has 0 unspecified atom stereocenters. The Morgan fingerprint density at radius 2 is 1.88 bits per heavy atom. The highest BCUT2D eigenvalue weighted by atomic mass is 35.5. The lowest BCUT2D eigenvalue weighted by molar-refractivity contribution is -0.119. The number of anilines is 1. The monoisotopic (exact) mass is 396 g/mol. The summed E-state index contributed by atoms with van der Waals surface area (Å²) in [4.78, 5) is 11.9. The van der Waals surface area contributed by atoms with Crippen LogP contribution in [0.5, 0.6) is 5.75 Å². The number of benzene rings is 2. The van der Waals surface area contributed by atoms with Gasteiger partial charge in [-0.25, -0.2) is 0 Å². The van der Waals surface area contributed by atoms with Gasteiger partial charge in [0.1, 0.15) is 5.75 Å². The third-order valence-corrected chi connectivity index (χ3v) is 4.26. The number of carbonyl (C=O) groups excluding carboxylic acids is 1. The quantitative estimate of drug-likeness (QED) is 0.534. The maximum Gasteiger partial charge on any atom is 0.226 e. The van der Waals surface area contributed by atoms with Crippen molar-refractivity contribution in [1.29, 1.82) is 0 Å². The Kier molecular flexibility index (Phi) is 7.50. The van der Waals surface area contributed by atoms with Gasteiger partial charge in [-0.3, -0.25) is 4.79 Å². The molecule has 0 fully saturated rings. The normalized spacial score (nSPS) is 10.2. The van der Waals surface area contributed by atoms with Crippen LogP contribution in [-0.4, -0.2) is 17.6 Å². The number of halogens is 2. The Morgan fingerprint density at radius 3 is 2.60 bits per heavy atom. The largest absolute Gasteiger partial charge is 0.494 e. The van der Waals surface area contributed by atoms with Crippen molar-refractivity contribution in [2.45, 2.75) is 19.8 Å². The molecule has 1 amide bonds. The molecule has 0 spiro atoms. The molecule has 7 heteroatoms. The standard InChI is InChI=1S/C18H18Cl2N2O2S/c1-12-15(20)4-2-5-16(12)21-18(25)22-17(23)6-3-11-24-14-9-7-13(19)8-10-14/h2,4-5,7-10H,3,6,11H2,1H3,(H2,21,22,23,25). The number of ether oxygens (including phenoxy) is 1. The number of hydrogen-bond donors (Lipinski definition) is 2. The zero-order valence-electron chi connectivity index (χ0n) is 13.6. The van der Waals surface area contributed by atoms with Crippen LogP contribution < -0.4 is 15.4 Å². The highest BCUT2D eigenvalue weighted by Crippen LogP contribution is 2.22. The molecule has 2 aromatic rings. The molecular weight excluding hydrogens is 379 g/mol. The van der Waals surface area contributed by atoms with Crippen molar-refractivity contribution in [3.05, 3.63) is 58.1 Å². The lowest BCUT2D eigenvalue weighted by Crippen LogP contribution is -2.34. The molecule has 132 valence electrons. The van der Waals surface area contributed by atoms with Crippen LogP contribution in [0.4, 0.5) is 5.69 Å². The minimum atomic E-state index is -0.170. The Balaban J connectivity index is 1.70. The van der Waals surface area contributed by atoms with Gasteiger partial charge < -0.3 is 15.4 Å². The number of hydrogen-bond acceptors (Lipinski definition) is 3. The minimum absolute atomic E-state index is 0.170. The molecule has 4 nitrogen and oxygen atoms in total. The van der Waals surface area contributed by atoms with Crippen LogP contribution in [0.25, 0.3) is 0 Å². The molecular formula is C18H18Cl2N2O2S. The van der Waals surface area contributed by atoms with Crippen LogP contribution >= 0.6 is 35.4 Å². The third kappa shape index (κ3) is 6.53. The van der Waals surface area contributed by atoms with Gasteiger partial charge in [0.25, 0.3) is 0 Å². The topological polar surface area (TPSA) is 50.4 Å². The van der Waals surface area contributed by atoms with Crippen LogP contribution in [-0.2, 0) is 4.79 Å². The van der Waals surface area contributed by atoms with Crippen LogP contribution in [0.3, 0.4) is 0 Å². The Bertz CT molecular complexity index is 751. The van der Waals surface area contributed by atoms with Gasteiger partial charge in [-0.05, 0) is 67.5 Å². The molecule has 2 rings (SSSR count). The molecule has 0 radical (unpaired) electrons. The van der Waals surface area contributed by atoms with E-state index in [9.17, 15) is 4.79 Å². The Morgan fingerprint density at radius 1 is 1.16 bits per heavy atom. The number of nitrogens with one attached hydrogen (secondary N) is 2. The highest BCUT2D eigenvalue weighted by molar-refractivity contribution is 7.80. The maximum absolute atomic E-state index is 11.9. The summed E-state index contributed by atoms with van der Waals surface area (Å²) in [5.41, 5.74) is 1.64. The molecule has 0 aliphatic rings. The molecule has 2 aromatic carbocycles. The molecule has 0 saturated heterocycles. The molecule has 25 heavy (non-hydrogen) atoms. The number of rotatable bonds is 6. The Labute approximate surface area is 162 Å². The highest BCUT2D eigenvalue weighted by Gasteiger charge is 2.07. The van der Waals surface area contributed by atoms with E-state index >= 15 is 0 Å². The lowest BCUT2D eigenvalue weighted by Gasteiger charge is -2.12. The first-order valence-electron chi connectivity index (χ1n) is 7.70. The summed E-state index contributed by atoms with van der Waals surface area (Å²) in [6.07, 6.45) is 0.886. The number of carbonyl (C=O) groups is 1. The minimum Gasteiger partial charge on any atom is -0.494 e. The van der Waals surface area contributed by atoms with E-state index in [-0.39, 0.29) is 11.0 Å². The van der Waals surface area contributed by atoms with Gasteiger partial charge in [0.15, 0.2) is 5.11 Å². The summed E-state index contributed by atoms with van der Waals surface area (Å²) in [7, 11) is 0. The average Bonchev–Trinajstić information content (AvgIpc) is 2.57. The van der Waals surface area contributed by atoms with Crippen molar-refractivity contribution in [3.8, 4) is 5.75 Å². The van der Waals surface area contributed by atoms with Gasteiger partial charge in [-0.2, -0.15) is 0 Å². The van der Waals surface area contributed by atoms with E-state index in [0.29, 0.717) is 29.5 Å². The molecule has 0 atom stereocenters. The summed E-state index contributed by atoms with van der Waals surface area (Å²) in [6, 6.07) is 12.5. The van der Waals surface area contributed by atoms with Crippen LogP contribution in [0.1, 0.15) is 18.4 Å². The first kappa shape index (κ1) is 19.5. The van der Waals surface area contributed by atoms with Crippen LogP contribution in [0, 0.1) is 6.92 Å². The maximum atomic E-state index is 11.9. The first-order chi connectivity index (χ1) is 12.0. The summed E-state index contributed by atoms with van der Waals surface area (Å²) in [5, 5.41) is 7.16. The second kappa shape index (κ2) is 9.61. The second-order valence-electron chi connectivity index (χ2n) is 5.32. The van der Waals surface area contributed by atoms with Crippen molar-refractivity contribution in [3.63, 3.8) is 0 Å². The van der Waals surface area contributed by atoms with Crippen molar-refractivity contribution < 1.29 is 9.53 Å². The number of thiocarbonyl (C=S) groups is 1. The summed E-state index contributed by atoms with van der Waals surface area (Å²) >= 11 is 17.0. The molecule has 0 aromatic heterocycles. The van der Waals surface area contributed by atoms with Gasteiger partial charge in [0, 0.05) is 22.2 Å². The fraction of sp³-hybridized carbons (Fsp3) is 0.222. The first-order valence-corrected chi connectivity index (χ1v) is 8.86. The molecule has 0 saturated carbocycles. The lowest BCUT2D eigenvalue weighted by atomic mass is 10.2. The summed E-state index contributed by atoms with van der Waals surface area (Å²) in [6.45, 7) is 2.31. The molecule has 0 aliphatic carbocycles. The van der Waals surface area contributed by atoms with Crippen molar-refractivity contribution in [2.75, 3.05) is 11.9 Å². The third-order valence-electron chi connectivity index (χ3n) is 3.40. The fourth-order valence-electron chi connectivity index (χ4n) is 2.04. The van der Waals surface area contributed by atoms with E-state index in [0.717, 1.165) is 17.0 Å². The van der Waals surface area contributed by atoms with E-state index in [1.54, 1.807) is 30.3 Å². The van der Waals surface area contributed by atoms with Gasteiger partial charge in [-0.15, -0.1) is 0 Å². The van der Waals surface area contributed by atoms with Gasteiger partial charge in [0.2, 0.25) is 5.91 Å². The van der Waals surface area contributed by atoms with E-state index in [4.69, 9.17) is 40.2 Å². The fourth-order valence-corrected chi connectivity index (χ4v) is 2.56. The SMILES string of the molecule is Cc1c(Cl)cccc1NC(=S)NC(=O)CCCOc1ccc(Cl)cc1. The Hall–Kier alpha value is -1.82. The van der Waals surface area contributed by atoms with Crippen molar-refractivity contribution >= 4 is 52.1 Å². The van der Waals surface area contributed by atoms with Crippen molar-refractivity contribution in [2.24, 2.45) is 0 Å². The average molecular weight is 397 g/mol. The molecule has 0 bridgehead atoms. The summed E-state index contributed by atoms with van der Waals surface area (Å²) in [5.74, 6) is 0.551. The van der Waals surface area contributed by atoms with Crippen LogP contribution in [0.2, 0.25) is 10.0 Å². The van der Waals surface area contributed by atoms with Crippen LogP contribution in [0.15, 0.2) is 42.5 Å². The predicted octanol–water partition coefficient (Wildman–Crippen LogP) is 4.97. The van der Waals surface area contributed by atoms with E-state index in [2.05, 4.69) is 10.6 Å². The zero-order valence-corrected chi connectivity index (χ0v) is 16.0. The van der Waals surface area contributed by atoms with Gasteiger partial charge in [-0.1, -0.05) is 29.3 Å². The van der Waals surface area contributed by atoms with Gasteiger partial charge >= 0.3 is 0 Å². The number of amides is 1. The molecule has 0 heterocycles. The van der Waals surface area contributed by atoms with Gasteiger partial charge in [0.05, 0.1) is 6.61 Å². The zero-order chi connectivity index (χ0) is 18.2. The van der Waals surface area contributed by atoms with E-state index < -0.39 is 0 Å². The molecule has 0 aliphatic heterocycles.